The molecule has 1 heterocycles. The number of methoxy groups -OCH3 is 2. The molecular formula is C20H30N2O3. The van der Waals surface area contributed by atoms with Gasteiger partial charge < -0.3 is 14.4 Å². The molecule has 0 radical (unpaired) electrons. The van der Waals surface area contributed by atoms with Gasteiger partial charge in [-0.15, -0.1) is 0 Å². The topological polar surface area (TPSA) is 42.0 Å². The van der Waals surface area contributed by atoms with Gasteiger partial charge in [-0.3, -0.25) is 9.69 Å². The number of carbonyl (C=O) groups is 1. The highest BCUT2D eigenvalue weighted by Crippen LogP contribution is 2.32. The maximum absolute atomic E-state index is 12.8. The first-order chi connectivity index (χ1) is 12.2. The number of hydrogen-bond donors (Lipinski definition) is 0. The van der Waals surface area contributed by atoms with E-state index in [1.54, 1.807) is 14.2 Å². The fraction of sp³-hybridized carbons (Fsp3) is 0.650. The molecule has 0 aromatic heterocycles. The van der Waals surface area contributed by atoms with Gasteiger partial charge in [0, 0.05) is 31.2 Å². The highest BCUT2D eigenvalue weighted by atomic mass is 16.5. The molecule has 0 N–H and O–H groups in total. The zero-order chi connectivity index (χ0) is 17.6. The van der Waals surface area contributed by atoms with E-state index in [4.69, 9.17) is 9.47 Å². The first-order valence-electron chi connectivity index (χ1n) is 9.44. The number of carbonyl (C=O) groups excluding carboxylic acids is 1. The van der Waals surface area contributed by atoms with Crippen LogP contribution >= 0.6 is 0 Å². The normalized spacial score (nSPS) is 18.1. The van der Waals surface area contributed by atoms with Gasteiger partial charge >= 0.3 is 0 Å². The van der Waals surface area contributed by atoms with Crippen LogP contribution in [0.2, 0.25) is 0 Å². The minimum Gasteiger partial charge on any atom is -0.497 e. The Hall–Kier alpha value is -1.75. The molecule has 1 aromatic carbocycles. The highest BCUT2D eigenvalue weighted by Gasteiger charge is 2.32. The predicted octanol–water partition coefficient (Wildman–Crippen LogP) is 3.07. The fourth-order valence-corrected chi connectivity index (χ4v) is 3.57. The van der Waals surface area contributed by atoms with Crippen LogP contribution in [-0.2, 0) is 11.3 Å². The lowest BCUT2D eigenvalue weighted by molar-refractivity contribution is -0.132. The summed E-state index contributed by atoms with van der Waals surface area (Å²) in [7, 11) is 3.36. The second-order valence-electron chi connectivity index (χ2n) is 7.11. The molecule has 5 heteroatoms. The summed E-state index contributed by atoms with van der Waals surface area (Å²) < 4.78 is 10.9. The number of nitrogens with zero attached hydrogens (tertiary/aromatic N) is 2. The summed E-state index contributed by atoms with van der Waals surface area (Å²) in [5.74, 6) is 1.95. The van der Waals surface area contributed by atoms with Crippen LogP contribution in [0.1, 0.15) is 44.1 Å². The minimum absolute atomic E-state index is 0.274. The van der Waals surface area contributed by atoms with Crippen LogP contribution in [0, 0.1) is 0 Å². The molecule has 3 rings (SSSR count). The van der Waals surface area contributed by atoms with Crippen LogP contribution in [0.4, 0.5) is 0 Å². The third-order valence-corrected chi connectivity index (χ3v) is 5.22. The van der Waals surface area contributed by atoms with Crippen molar-refractivity contribution in [2.45, 2.75) is 51.1 Å². The molecule has 138 valence electrons. The molecular weight excluding hydrogens is 316 g/mol. The molecule has 0 spiro atoms. The largest absolute Gasteiger partial charge is 0.497 e. The number of benzene rings is 1. The molecule has 1 saturated heterocycles. The van der Waals surface area contributed by atoms with Gasteiger partial charge in [0.2, 0.25) is 5.91 Å². The average Bonchev–Trinajstić information content (AvgIpc) is 3.47. The molecule has 1 aliphatic carbocycles. The van der Waals surface area contributed by atoms with E-state index in [-0.39, 0.29) is 5.91 Å². The Morgan fingerprint density at radius 3 is 2.44 bits per heavy atom. The summed E-state index contributed by atoms with van der Waals surface area (Å²) >= 11 is 0. The zero-order valence-corrected chi connectivity index (χ0v) is 15.5. The first kappa shape index (κ1) is 18.1. The maximum Gasteiger partial charge on any atom is 0.236 e. The quantitative estimate of drug-likeness (QED) is 0.761. The molecule has 1 saturated carbocycles. The number of rotatable bonds is 7. The summed E-state index contributed by atoms with van der Waals surface area (Å²) in [4.78, 5) is 17.2. The van der Waals surface area contributed by atoms with E-state index in [0.717, 1.165) is 49.5 Å². The number of ether oxygens (including phenoxy) is 2. The number of amides is 1. The molecule has 5 nitrogen and oxygen atoms in total. The summed E-state index contributed by atoms with van der Waals surface area (Å²) in [5.41, 5.74) is 1.08. The van der Waals surface area contributed by atoms with Crippen molar-refractivity contribution in [1.29, 1.82) is 0 Å². The van der Waals surface area contributed by atoms with Crippen molar-refractivity contribution in [3.63, 3.8) is 0 Å². The van der Waals surface area contributed by atoms with Crippen molar-refractivity contribution in [1.82, 2.24) is 9.80 Å². The number of hydrogen-bond acceptors (Lipinski definition) is 4. The van der Waals surface area contributed by atoms with Crippen molar-refractivity contribution in [3.05, 3.63) is 23.8 Å². The lowest BCUT2D eigenvalue weighted by Gasteiger charge is -2.27. The second kappa shape index (κ2) is 8.56. The summed E-state index contributed by atoms with van der Waals surface area (Å²) in [6.07, 6.45) is 7.13. The average molecular weight is 346 g/mol. The van der Waals surface area contributed by atoms with E-state index in [1.807, 2.05) is 18.2 Å². The molecule has 2 fully saturated rings. The molecule has 0 bridgehead atoms. The van der Waals surface area contributed by atoms with Crippen LogP contribution in [0.3, 0.4) is 0 Å². The summed E-state index contributed by atoms with van der Waals surface area (Å²) in [6, 6.07) is 6.39. The van der Waals surface area contributed by atoms with Gasteiger partial charge in [-0.05, 0) is 43.9 Å². The Morgan fingerprint density at radius 2 is 1.84 bits per heavy atom. The highest BCUT2D eigenvalue weighted by molar-refractivity contribution is 5.78. The Balaban J connectivity index is 1.68. The zero-order valence-electron chi connectivity index (χ0n) is 15.5. The molecule has 1 amide bonds. The van der Waals surface area contributed by atoms with E-state index in [1.165, 1.54) is 25.7 Å². The van der Waals surface area contributed by atoms with Gasteiger partial charge in [-0.1, -0.05) is 12.8 Å². The van der Waals surface area contributed by atoms with E-state index in [2.05, 4.69) is 9.80 Å². The van der Waals surface area contributed by atoms with Crippen LogP contribution < -0.4 is 9.47 Å². The van der Waals surface area contributed by atoms with Gasteiger partial charge in [-0.2, -0.15) is 0 Å². The molecule has 0 unspecified atom stereocenters. The first-order valence-corrected chi connectivity index (χ1v) is 9.44. The standard InChI is InChI=1S/C20H30N2O3/c1-24-18-9-10-19(25-2)16(13-18)14-22(17-7-8-17)15-20(23)21-11-5-3-4-6-12-21/h9-10,13,17H,3-8,11-12,14-15H2,1-2H3. The van der Waals surface area contributed by atoms with Crippen molar-refractivity contribution in [3.8, 4) is 11.5 Å². The van der Waals surface area contributed by atoms with Crippen molar-refractivity contribution in [2.24, 2.45) is 0 Å². The van der Waals surface area contributed by atoms with E-state index in [0.29, 0.717) is 12.6 Å². The minimum atomic E-state index is 0.274. The monoisotopic (exact) mass is 346 g/mol. The van der Waals surface area contributed by atoms with Crippen LogP contribution in [-0.4, -0.2) is 55.6 Å². The van der Waals surface area contributed by atoms with E-state index < -0.39 is 0 Å². The van der Waals surface area contributed by atoms with Gasteiger partial charge in [0.15, 0.2) is 0 Å². The summed E-state index contributed by atoms with van der Waals surface area (Å²) in [5, 5.41) is 0. The van der Waals surface area contributed by atoms with Crippen molar-refractivity contribution < 1.29 is 14.3 Å². The molecule has 1 aromatic rings. The van der Waals surface area contributed by atoms with Crippen LogP contribution in [0.15, 0.2) is 18.2 Å². The van der Waals surface area contributed by atoms with Crippen LogP contribution in [0.5, 0.6) is 11.5 Å². The molecule has 0 atom stereocenters. The third-order valence-electron chi connectivity index (χ3n) is 5.22. The Morgan fingerprint density at radius 1 is 1.12 bits per heavy atom. The van der Waals surface area contributed by atoms with Gasteiger partial charge in [-0.25, -0.2) is 0 Å². The second-order valence-corrected chi connectivity index (χ2v) is 7.11. The Bertz CT molecular complexity index is 578. The van der Waals surface area contributed by atoms with Crippen molar-refractivity contribution >= 4 is 5.91 Å². The van der Waals surface area contributed by atoms with Gasteiger partial charge in [0.25, 0.3) is 0 Å². The SMILES string of the molecule is COc1ccc(OC)c(CN(CC(=O)N2CCCCCC2)C2CC2)c1. The van der Waals surface area contributed by atoms with Crippen molar-refractivity contribution in [2.75, 3.05) is 33.9 Å². The third kappa shape index (κ3) is 4.88. The van der Waals surface area contributed by atoms with Crippen LogP contribution in [0.25, 0.3) is 0 Å². The Kier molecular flexibility index (Phi) is 6.19. The lowest BCUT2D eigenvalue weighted by Crippen LogP contribution is -2.41. The summed E-state index contributed by atoms with van der Waals surface area (Å²) in [6.45, 7) is 3.06. The fourth-order valence-electron chi connectivity index (χ4n) is 3.57. The maximum atomic E-state index is 12.8. The number of likely N-dealkylation sites (tertiary alicyclic amines) is 1. The predicted molar refractivity (Wildman–Crippen MR) is 98.0 cm³/mol. The lowest BCUT2D eigenvalue weighted by atomic mass is 10.1. The van der Waals surface area contributed by atoms with Gasteiger partial charge in [0.05, 0.1) is 20.8 Å². The van der Waals surface area contributed by atoms with Gasteiger partial charge in [0.1, 0.15) is 11.5 Å². The molecule has 1 aliphatic heterocycles. The molecule has 25 heavy (non-hydrogen) atoms. The van der Waals surface area contributed by atoms with E-state index in [9.17, 15) is 4.79 Å². The Labute approximate surface area is 150 Å². The van der Waals surface area contributed by atoms with E-state index >= 15 is 0 Å². The molecule has 2 aliphatic rings. The smallest absolute Gasteiger partial charge is 0.236 e.